The molecule has 0 aliphatic carbocycles. The van der Waals surface area contributed by atoms with Gasteiger partial charge in [0.25, 0.3) is 0 Å². The summed E-state index contributed by atoms with van der Waals surface area (Å²) < 4.78 is 5.93. The van der Waals surface area contributed by atoms with E-state index in [1.54, 1.807) is 0 Å². The first-order valence-electron chi connectivity index (χ1n) is 9.26. The SMILES string of the molecule is CC(C)(C(=O)N1CCC(c2nc3ccccc3o2)CC1)c1ccccc1. The van der Waals surface area contributed by atoms with Crippen molar-refractivity contribution >= 4 is 17.0 Å². The third-order valence-electron chi connectivity index (χ3n) is 5.47. The van der Waals surface area contributed by atoms with E-state index >= 15 is 0 Å². The summed E-state index contributed by atoms with van der Waals surface area (Å²) in [6, 6.07) is 17.9. The Morgan fingerprint density at radius 1 is 1.04 bits per heavy atom. The zero-order valence-electron chi connectivity index (χ0n) is 15.3. The number of piperidine rings is 1. The highest BCUT2D eigenvalue weighted by Crippen LogP contribution is 2.32. The fourth-order valence-electron chi connectivity index (χ4n) is 3.77. The van der Waals surface area contributed by atoms with E-state index in [2.05, 4.69) is 4.98 Å². The van der Waals surface area contributed by atoms with E-state index in [0.29, 0.717) is 0 Å². The number of nitrogens with zero attached hydrogens (tertiary/aromatic N) is 2. The molecule has 0 radical (unpaired) electrons. The van der Waals surface area contributed by atoms with Crippen molar-refractivity contribution in [3.63, 3.8) is 0 Å². The Hall–Kier alpha value is -2.62. The van der Waals surface area contributed by atoms with Crippen LogP contribution in [0, 0.1) is 0 Å². The quantitative estimate of drug-likeness (QED) is 0.699. The summed E-state index contributed by atoms with van der Waals surface area (Å²) >= 11 is 0. The molecule has 1 saturated heterocycles. The Bertz CT molecular complexity index is 873. The van der Waals surface area contributed by atoms with Gasteiger partial charge in [-0.2, -0.15) is 0 Å². The third-order valence-corrected chi connectivity index (χ3v) is 5.47. The first-order chi connectivity index (χ1) is 12.6. The molecule has 1 fully saturated rings. The lowest BCUT2D eigenvalue weighted by Gasteiger charge is -2.36. The van der Waals surface area contributed by atoms with Gasteiger partial charge < -0.3 is 9.32 Å². The maximum absolute atomic E-state index is 13.1. The highest BCUT2D eigenvalue weighted by molar-refractivity contribution is 5.87. The molecule has 0 unspecified atom stereocenters. The maximum Gasteiger partial charge on any atom is 0.232 e. The minimum absolute atomic E-state index is 0.194. The Morgan fingerprint density at radius 2 is 1.69 bits per heavy atom. The number of rotatable bonds is 3. The van der Waals surface area contributed by atoms with Gasteiger partial charge in [-0.3, -0.25) is 4.79 Å². The number of hydrogen-bond acceptors (Lipinski definition) is 3. The van der Waals surface area contributed by atoms with E-state index in [9.17, 15) is 4.79 Å². The van der Waals surface area contributed by atoms with Gasteiger partial charge in [-0.15, -0.1) is 0 Å². The largest absolute Gasteiger partial charge is 0.440 e. The van der Waals surface area contributed by atoms with E-state index in [1.165, 1.54) is 0 Å². The molecule has 2 aromatic carbocycles. The Balaban J connectivity index is 1.45. The minimum atomic E-state index is -0.508. The average Bonchev–Trinajstić information content (AvgIpc) is 3.12. The number of hydrogen-bond donors (Lipinski definition) is 0. The summed E-state index contributed by atoms with van der Waals surface area (Å²) in [6.07, 6.45) is 1.78. The van der Waals surface area contributed by atoms with Crippen molar-refractivity contribution in [2.24, 2.45) is 0 Å². The van der Waals surface area contributed by atoms with Crippen LogP contribution in [0.1, 0.15) is 44.1 Å². The summed E-state index contributed by atoms with van der Waals surface area (Å²) in [6.45, 7) is 5.52. The molecule has 3 aromatic rings. The lowest BCUT2D eigenvalue weighted by molar-refractivity contribution is -0.137. The molecule has 1 aliphatic rings. The molecule has 1 aliphatic heterocycles. The van der Waals surface area contributed by atoms with Crippen LogP contribution in [0.25, 0.3) is 11.1 Å². The van der Waals surface area contributed by atoms with Gasteiger partial charge in [0.2, 0.25) is 5.91 Å². The molecule has 0 saturated carbocycles. The van der Waals surface area contributed by atoms with Gasteiger partial charge in [-0.25, -0.2) is 4.98 Å². The van der Waals surface area contributed by atoms with Crippen LogP contribution >= 0.6 is 0 Å². The number of fused-ring (bicyclic) bond motifs is 1. The van der Waals surface area contributed by atoms with Crippen molar-refractivity contribution in [1.82, 2.24) is 9.88 Å². The van der Waals surface area contributed by atoms with E-state index in [0.717, 1.165) is 48.5 Å². The lowest BCUT2D eigenvalue weighted by Crippen LogP contribution is -2.46. The standard InChI is InChI=1S/C22H24N2O2/c1-22(2,17-8-4-3-5-9-17)21(25)24-14-12-16(13-15-24)20-23-18-10-6-7-11-19(18)26-20/h3-11,16H,12-15H2,1-2H3. The summed E-state index contributed by atoms with van der Waals surface area (Å²) in [5.74, 6) is 1.28. The van der Waals surface area contributed by atoms with Crippen molar-refractivity contribution in [3.8, 4) is 0 Å². The number of oxazole rings is 1. The number of para-hydroxylation sites is 2. The normalized spacial score (nSPS) is 16.2. The van der Waals surface area contributed by atoms with Gasteiger partial charge in [0.1, 0.15) is 5.52 Å². The predicted molar refractivity (Wildman–Crippen MR) is 102 cm³/mol. The molecule has 1 aromatic heterocycles. The summed E-state index contributed by atoms with van der Waals surface area (Å²) in [5, 5.41) is 0. The van der Waals surface area contributed by atoms with Crippen molar-refractivity contribution < 1.29 is 9.21 Å². The molecule has 0 spiro atoms. The number of likely N-dealkylation sites (tertiary alicyclic amines) is 1. The average molecular weight is 348 g/mol. The fraction of sp³-hybridized carbons (Fsp3) is 0.364. The van der Waals surface area contributed by atoms with Crippen LogP contribution in [-0.4, -0.2) is 28.9 Å². The molecule has 0 N–H and O–H groups in total. The topological polar surface area (TPSA) is 46.3 Å². The van der Waals surface area contributed by atoms with Crippen molar-refractivity contribution in [1.29, 1.82) is 0 Å². The molecule has 4 nitrogen and oxygen atoms in total. The first-order valence-corrected chi connectivity index (χ1v) is 9.26. The lowest BCUT2D eigenvalue weighted by atomic mass is 9.82. The molecule has 26 heavy (non-hydrogen) atoms. The molecule has 4 rings (SSSR count). The molecule has 134 valence electrons. The van der Waals surface area contributed by atoms with Gasteiger partial charge in [0.05, 0.1) is 5.41 Å². The van der Waals surface area contributed by atoms with Crippen LogP contribution in [0.5, 0.6) is 0 Å². The van der Waals surface area contributed by atoms with Crippen LogP contribution in [0.4, 0.5) is 0 Å². The second kappa shape index (κ2) is 6.60. The molecule has 1 amide bonds. The number of carbonyl (C=O) groups is 1. The van der Waals surface area contributed by atoms with E-state index in [1.807, 2.05) is 73.3 Å². The Morgan fingerprint density at radius 3 is 2.38 bits per heavy atom. The van der Waals surface area contributed by atoms with E-state index in [-0.39, 0.29) is 11.8 Å². The van der Waals surface area contributed by atoms with Crippen LogP contribution in [0.15, 0.2) is 59.0 Å². The minimum Gasteiger partial charge on any atom is -0.440 e. The van der Waals surface area contributed by atoms with Crippen LogP contribution in [-0.2, 0) is 10.2 Å². The van der Waals surface area contributed by atoms with Crippen molar-refractivity contribution in [3.05, 3.63) is 66.1 Å². The maximum atomic E-state index is 13.1. The molecular weight excluding hydrogens is 324 g/mol. The second-order valence-corrected chi connectivity index (χ2v) is 7.58. The number of amides is 1. The molecule has 0 bridgehead atoms. The number of carbonyl (C=O) groups excluding carboxylic acids is 1. The zero-order chi connectivity index (χ0) is 18.1. The van der Waals surface area contributed by atoms with Crippen LogP contribution in [0.2, 0.25) is 0 Å². The Labute approximate surface area is 153 Å². The smallest absolute Gasteiger partial charge is 0.232 e. The number of benzene rings is 2. The second-order valence-electron chi connectivity index (χ2n) is 7.58. The van der Waals surface area contributed by atoms with E-state index < -0.39 is 5.41 Å². The van der Waals surface area contributed by atoms with Gasteiger partial charge >= 0.3 is 0 Å². The highest BCUT2D eigenvalue weighted by Gasteiger charge is 2.36. The highest BCUT2D eigenvalue weighted by atomic mass is 16.3. The van der Waals surface area contributed by atoms with Gasteiger partial charge in [0.15, 0.2) is 11.5 Å². The van der Waals surface area contributed by atoms with Crippen molar-refractivity contribution in [2.45, 2.75) is 38.0 Å². The van der Waals surface area contributed by atoms with Crippen LogP contribution in [0.3, 0.4) is 0 Å². The molecular formula is C22H24N2O2. The molecule has 0 atom stereocenters. The predicted octanol–water partition coefficient (Wildman–Crippen LogP) is 4.51. The zero-order valence-corrected chi connectivity index (χ0v) is 15.3. The third kappa shape index (κ3) is 3.00. The first kappa shape index (κ1) is 16.8. The summed E-state index contributed by atoms with van der Waals surface area (Å²) in [7, 11) is 0. The number of aromatic nitrogens is 1. The molecule has 2 heterocycles. The van der Waals surface area contributed by atoms with E-state index in [4.69, 9.17) is 4.42 Å². The fourth-order valence-corrected chi connectivity index (χ4v) is 3.77. The molecule has 4 heteroatoms. The Kier molecular flexibility index (Phi) is 4.27. The monoisotopic (exact) mass is 348 g/mol. The van der Waals surface area contributed by atoms with Crippen molar-refractivity contribution in [2.75, 3.05) is 13.1 Å². The summed E-state index contributed by atoms with van der Waals surface area (Å²) in [4.78, 5) is 19.7. The van der Waals surface area contributed by atoms with Crippen LogP contribution < -0.4 is 0 Å². The van der Waals surface area contributed by atoms with Gasteiger partial charge in [-0.05, 0) is 44.4 Å². The summed E-state index contributed by atoms with van der Waals surface area (Å²) in [5.41, 5.74) is 2.30. The van der Waals surface area contributed by atoms with Gasteiger partial charge in [0, 0.05) is 19.0 Å². The van der Waals surface area contributed by atoms with Gasteiger partial charge in [-0.1, -0.05) is 42.5 Å².